The Labute approximate surface area is 166 Å². The van der Waals surface area contributed by atoms with Crippen molar-refractivity contribution in [2.45, 2.75) is 13.3 Å². The number of nitrogens with one attached hydrogen (secondary N) is 1. The molecular weight excluding hydrogens is 408 g/mol. The number of aryl methyl sites for hydroxylation is 1. The highest BCUT2D eigenvalue weighted by molar-refractivity contribution is 9.10. The van der Waals surface area contributed by atoms with Crippen molar-refractivity contribution in [3.05, 3.63) is 64.4 Å². The fourth-order valence-electron chi connectivity index (χ4n) is 2.63. The second kappa shape index (κ2) is 8.92. The standard InChI is InChI=1S/C20H21BrN4O2/c1-14-5-3-6-17(13-14)25-19(15-7-9-16(21)10-8-15)23-18(24-25)20(26)22-11-4-12-27-2/h3,5-10,13H,4,11-12H2,1-2H3,(H,22,26). The lowest BCUT2D eigenvalue weighted by Gasteiger charge is -2.07. The molecule has 27 heavy (non-hydrogen) atoms. The van der Waals surface area contributed by atoms with Gasteiger partial charge in [-0.1, -0.05) is 40.2 Å². The smallest absolute Gasteiger partial charge is 0.290 e. The molecule has 0 bridgehead atoms. The van der Waals surface area contributed by atoms with E-state index in [0.29, 0.717) is 19.0 Å². The molecule has 3 rings (SSSR count). The Bertz CT molecular complexity index is 922. The summed E-state index contributed by atoms with van der Waals surface area (Å²) in [6, 6.07) is 15.7. The minimum Gasteiger partial charge on any atom is -0.385 e. The van der Waals surface area contributed by atoms with Gasteiger partial charge in [0.1, 0.15) is 0 Å². The Morgan fingerprint density at radius 1 is 1.22 bits per heavy atom. The zero-order chi connectivity index (χ0) is 19.2. The first-order valence-electron chi connectivity index (χ1n) is 8.65. The van der Waals surface area contributed by atoms with Crippen molar-refractivity contribution in [2.24, 2.45) is 0 Å². The summed E-state index contributed by atoms with van der Waals surface area (Å²) in [6.45, 7) is 3.12. The zero-order valence-electron chi connectivity index (χ0n) is 15.3. The molecule has 6 nitrogen and oxygen atoms in total. The number of carbonyl (C=O) groups is 1. The molecule has 0 saturated heterocycles. The van der Waals surface area contributed by atoms with Crippen molar-refractivity contribution in [1.29, 1.82) is 0 Å². The van der Waals surface area contributed by atoms with Crippen LogP contribution in [0.1, 0.15) is 22.6 Å². The minimum atomic E-state index is -0.295. The lowest BCUT2D eigenvalue weighted by molar-refractivity contribution is 0.0938. The number of benzene rings is 2. The van der Waals surface area contributed by atoms with Crippen LogP contribution in [0.15, 0.2) is 53.0 Å². The Morgan fingerprint density at radius 3 is 2.70 bits per heavy atom. The quantitative estimate of drug-likeness (QED) is 0.581. The molecule has 3 aromatic rings. The molecular formula is C20H21BrN4O2. The fourth-order valence-corrected chi connectivity index (χ4v) is 2.90. The Morgan fingerprint density at radius 2 is 2.00 bits per heavy atom. The van der Waals surface area contributed by atoms with E-state index in [1.54, 1.807) is 11.8 Å². The van der Waals surface area contributed by atoms with Gasteiger partial charge < -0.3 is 10.1 Å². The molecule has 0 atom stereocenters. The van der Waals surface area contributed by atoms with Crippen molar-refractivity contribution in [3.8, 4) is 17.1 Å². The SMILES string of the molecule is COCCCNC(=O)c1nc(-c2ccc(Br)cc2)n(-c2cccc(C)c2)n1. The summed E-state index contributed by atoms with van der Waals surface area (Å²) >= 11 is 3.44. The van der Waals surface area contributed by atoms with E-state index in [1.807, 2.05) is 55.5 Å². The van der Waals surface area contributed by atoms with Crippen LogP contribution in [-0.2, 0) is 4.74 Å². The lowest BCUT2D eigenvalue weighted by atomic mass is 10.2. The highest BCUT2D eigenvalue weighted by atomic mass is 79.9. The average molecular weight is 429 g/mol. The Kier molecular flexibility index (Phi) is 6.36. The number of amides is 1. The van der Waals surface area contributed by atoms with Gasteiger partial charge in [0, 0.05) is 30.3 Å². The summed E-state index contributed by atoms with van der Waals surface area (Å²) in [4.78, 5) is 17.0. The molecule has 0 aliphatic carbocycles. The molecule has 0 saturated carbocycles. The van der Waals surface area contributed by atoms with Crippen molar-refractivity contribution in [1.82, 2.24) is 20.1 Å². The van der Waals surface area contributed by atoms with Gasteiger partial charge in [0.25, 0.3) is 5.91 Å². The number of halogens is 1. The first-order chi connectivity index (χ1) is 13.1. The summed E-state index contributed by atoms with van der Waals surface area (Å²) in [5, 5.41) is 7.30. The molecule has 0 radical (unpaired) electrons. The maximum absolute atomic E-state index is 12.5. The average Bonchev–Trinajstić information content (AvgIpc) is 3.11. The third-order valence-electron chi connectivity index (χ3n) is 3.97. The van der Waals surface area contributed by atoms with E-state index in [-0.39, 0.29) is 11.7 Å². The number of methoxy groups -OCH3 is 1. The van der Waals surface area contributed by atoms with Gasteiger partial charge in [-0.05, 0) is 43.2 Å². The predicted molar refractivity (Wildman–Crippen MR) is 108 cm³/mol. The molecule has 0 unspecified atom stereocenters. The molecule has 1 aromatic heterocycles. The van der Waals surface area contributed by atoms with E-state index in [9.17, 15) is 4.79 Å². The van der Waals surface area contributed by atoms with E-state index in [4.69, 9.17) is 4.74 Å². The van der Waals surface area contributed by atoms with Gasteiger partial charge in [-0.15, -0.1) is 5.10 Å². The largest absolute Gasteiger partial charge is 0.385 e. The van der Waals surface area contributed by atoms with Crippen LogP contribution < -0.4 is 5.32 Å². The third-order valence-corrected chi connectivity index (χ3v) is 4.50. The molecule has 7 heteroatoms. The van der Waals surface area contributed by atoms with Gasteiger partial charge in [-0.2, -0.15) is 0 Å². The summed E-state index contributed by atoms with van der Waals surface area (Å²) in [6.07, 6.45) is 0.737. The molecule has 140 valence electrons. The third kappa shape index (κ3) is 4.81. The number of carbonyl (C=O) groups excluding carboxylic acids is 1. The van der Waals surface area contributed by atoms with Gasteiger partial charge in [-0.3, -0.25) is 4.79 Å². The number of ether oxygens (including phenoxy) is 1. The van der Waals surface area contributed by atoms with Crippen LogP contribution in [0.2, 0.25) is 0 Å². The van der Waals surface area contributed by atoms with Crippen LogP contribution >= 0.6 is 15.9 Å². The molecule has 0 aliphatic rings. The first-order valence-corrected chi connectivity index (χ1v) is 9.45. The number of rotatable bonds is 7. The topological polar surface area (TPSA) is 69.0 Å². The number of hydrogen-bond donors (Lipinski definition) is 1. The van der Waals surface area contributed by atoms with Gasteiger partial charge in [0.05, 0.1) is 5.69 Å². The van der Waals surface area contributed by atoms with E-state index < -0.39 is 0 Å². The van der Waals surface area contributed by atoms with E-state index in [2.05, 4.69) is 31.3 Å². The maximum Gasteiger partial charge on any atom is 0.290 e. The van der Waals surface area contributed by atoms with Crippen LogP contribution in [0.4, 0.5) is 0 Å². The molecule has 0 spiro atoms. The Hall–Kier alpha value is -2.51. The highest BCUT2D eigenvalue weighted by Crippen LogP contribution is 2.23. The highest BCUT2D eigenvalue weighted by Gasteiger charge is 2.18. The zero-order valence-corrected chi connectivity index (χ0v) is 16.9. The second-order valence-corrected chi connectivity index (χ2v) is 7.03. The lowest BCUT2D eigenvalue weighted by Crippen LogP contribution is -2.26. The van der Waals surface area contributed by atoms with Gasteiger partial charge >= 0.3 is 0 Å². The van der Waals surface area contributed by atoms with Crippen LogP contribution in [0.3, 0.4) is 0 Å². The molecule has 1 heterocycles. The van der Waals surface area contributed by atoms with Gasteiger partial charge in [-0.25, -0.2) is 9.67 Å². The van der Waals surface area contributed by atoms with Crippen molar-refractivity contribution < 1.29 is 9.53 Å². The monoisotopic (exact) mass is 428 g/mol. The molecule has 1 amide bonds. The molecule has 1 N–H and O–H groups in total. The van der Waals surface area contributed by atoms with E-state index in [1.165, 1.54) is 0 Å². The summed E-state index contributed by atoms with van der Waals surface area (Å²) in [5.74, 6) is 0.470. The fraction of sp³-hybridized carbons (Fsp3) is 0.250. The van der Waals surface area contributed by atoms with E-state index >= 15 is 0 Å². The number of nitrogens with zero attached hydrogens (tertiary/aromatic N) is 3. The summed E-state index contributed by atoms with van der Waals surface area (Å²) < 4.78 is 7.68. The summed E-state index contributed by atoms with van der Waals surface area (Å²) in [5.41, 5.74) is 2.85. The van der Waals surface area contributed by atoms with Crippen molar-refractivity contribution >= 4 is 21.8 Å². The molecule has 0 fully saturated rings. The van der Waals surface area contributed by atoms with Crippen LogP contribution in [0, 0.1) is 6.92 Å². The summed E-state index contributed by atoms with van der Waals surface area (Å²) in [7, 11) is 1.64. The minimum absolute atomic E-state index is 0.145. The second-order valence-electron chi connectivity index (χ2n) is 6.12. The number of aromatic nitrogens is 3. The van der Waals surface area contributed by atoms with Crippen LogP contribution in [0.25, 0.3) is 17.1 Å². The van der Waals surface area contributed by atoms with Crippen molar-refractivity contribution in [2.75, 3.05) is 20.3 Å². The maximum atomic E-state index is 12.5. The Balaban J connectivity index is 1.96. The van der Waals surface area contributed by atoms with E-state index in [0.717, 1.165) is 27.7 Å². The molecule has 2 aromatic carbocycles. The number of hydrogen-bond acceptors (Lipinski definition) is 4. The van der Waals surface area contributed by atoms with Crippen molar-refractivity contribution in [3.63, 3.8) is 0 Å². The molecule has 0 aliphatic heterocycles. The van der Waals surface area contributed by atoms with Crippen LogP contribution in [-0.4, -0.2) is 40.9 Å². The predicted octanol–water partition coefficient (Wildman–Crippen LogP) is 3.77. The first kappa shape index (κ1) is 19.3. The van der Waals surface area contributed by atoms with Gasteiger partial charge in [0.2, 0.25) is 5.82 Å². The van der Waals surface area contributed by atoms with Gasteiger partial charge in [0.15, 0.2) is 5.82 Å². The van der Waals surface area contributed by atoms with Crippen LogP contribution in [0.5, 0.6) is 0 Å². The normalized spacial score (nSPS) is 10.8.